The number of piperidine rings is 1. The van der Waals surface area contributed by atoms with Gasteiger partial charge in [-0.25, -0.2) is 0 Å². The molecule has 0 atom stereocenters. The van der Waals surface area contributed by atoms with Crippen LogP contribution >= 0.6 is 27.7 Å². The van der Waals surface area contributed by atoms with E-state index in [1.807, 2.05) is 6.92 Å². The topological polar surface area (TPSA) is 76.2 Å². The highest BCUT2D eigenvalue weighted by molar-refractivity contribution is 9.10. The van der Waals surface area contributed by atoms with Crippen molar-refractivity contribution in [1.29, 1.82) is 0 Å². The number of hydrogen-bond donors (Lipinski definition) is 0. The lowest BCUT2D eigenvalue weighted by atomic mass is 9.99. The van der Waals surface area contributed by atoms with Crippen LogP contribution in [0.5, 0.6) is 11.5 Å². The van der Waals surface area contributed by atoms with Crippen LogP contribution in [0.3, 0.4) is 0 Å². The lowest BCUT2D eigenvalue weighted by molar-refractivity contribution is -0.136. The molecule has 0 spiro atoms. The first-order chi connectivity index (χ1) is 14.3. The van der Waals surface area contributed by atoms with Crippen LogP contribution in [0.25, 0.3) is 6.08 Å². The summed E-state index contributed by atoms with van der Waals surface area (Å²) >= 11 is 4.28. The third kappa shape index (κ3) is 5.00. The first-order valence-corrected chi connectivity index (χ1v) is 11.5. The van der Waals surface area contributed by atoms with Crippen LogP contribution in [0, 0.1) is 5.92 Å². The van der Waals surface area contributed by atoms with Crippen LogP contribution in [-0.4, -0.2) is 60.2 Å². The largest absolute Gasteiger partial charge is 0.492 e. The van der Waals surface area contributed by atoms with Gasteiger partial charge in [-0.15, -0.1) is 0 Å². The molecule has 0 radical (unpaired) electrons. The summed E-state index contributed by atoms with van der Waals surface area (Å²) in [6.07, 6.45) is 3.52. The fraction of sp³-hybridized carbons (Fsp3) is 0.476. The molecule has 0 unspecified atom stereocenters. The Morgan fingerprint density at radius 3 is 2.63 bits per heavy atom. The number of likely N-dealkylation sites (tertiary alicyclic amines) is 1. The van der Waals surface area contributed by atoms with E-state index in [0.29, 0.717) is 47.1 Å². The number of thioether (sulfide) groups is 1. The molecule has 7 nitrogen and oxygen atoms in total. The number of carbonyl (C=O) groups excluding carboxylic acids is 3. The quantitative estimate of drug-likeness (QED) is 0.550. The van der Waals surface area contributed by atoms with Crippen molar-refractivity contribution in [1.82, 2.24) is 9.80 Å². The van der Waals surface area contributed by atoms with Crippen LogP contribution in [0.2, 0.25) is 0 Å². The fourth-order valence-corrected chi connectivity index (χ4v) is 4.87. The molecule has 3 amide bonds. The molecule has 3 rings (SSSR count). The van der Waals surface area contributed by atoms with Crippen LogP contribution < -0.4 is 9.47 Å². The third-order valence-electron chi connectivity index (χ3n) is 5.14. The SMILES string of the molecule is CCOc1cc(/C=C2/SC(=O)N(CC(=O)N3CCC(C)CC3)C2=O)cc(Br)c1OC. The Morgan fingerprint density at radius 1 is 1.30 bits per heavy atom. The number of benzene rings is 1. The maximum absolute atomic E-state index is 12.8. The maximum atomic E-state index is 12.8. The Labute approximate surface area is 188 Å². The van der Waals surface area contributed by atoms with Gasteiger partial charge in [0.05, 0.1) is 23.1 Å². The highest BCUT2D eigenvalue weighted by Crippen LogP contribution is 2.39. The molecule has 30 heavy (non-hydrogen) atoms. The lowest BCUT2D eigenvalue weighted by Crippen LogP contribution is -2.45. The Kier molecular flexibility index (Phi) is 7.46. The normalized spacial score (nSPS) is 19.0. The average molecular weight is 497 g/mol. The van der Waals surface area contributed by atoms with Gasteiger partial charge in [0.15, 0.2) is 11.5 Å². The van der Waals surface area contributed by atoms with Crippen molar-refractivity contribution in [3.63, 3.8) is 0 Å². The molecule has 1 aromatic rings. The number of halogens is 1. The molecule has 9 heteroatoms. The van der Waals surface area contributed by atoms with Crippen molar-refractivity contribution in [2.45, 2.75) is 26.7 Å². The van der Waals surface area contributed by atoms with E-state index in [1.54, 1.807) is 30.2 Å². The van der Waals surface area contributed by atoms with Gasteiger partial charge in [-0.2, -0.15) is 0 Å². The Hall–Kier alpha value is -2.00. The maximum Gasteiger partial charge on any atom is 0.294 e. The Bertz CT molecular complexity index is 880. The molecule has 0 aliphatic carbocycles. The van der Waals surface area contributed by atoms with Gasteiger partial charge in [-0.3, -0.25) is 19.3 Å². The lowest BCUT2D eigenvalue weighted by Gasteiger charge is -2.31. The highest BCUT2D eigenvalue weighted by Gasteiger charge is 2.37. The van der Waals surface area contributed by atoms with Crippen molar-refractivity contribution in [2.24, 2.45) is 5.92 Å². The number of amides is 3. The first-order valence-electron chi connectivity index (χ1n) is 9.87. The van der Waals surface area contributed by atoms with Crippen molar-refractivity contribution in [3.05, 3.63) is 27.1 Å². The van der Waals surface area contributed by atoms with Crippen molar-refractivity contribution in [2.75, 3.05) is 33.4 Å². The molecular formula is C21H25BrN2O5S. The van der Waals surface area contributed by atoms with Crippen LogP contribution in [0.1, 0.15) is 32.3 Å². The van der Waals surface area contributed by atoms with Gasteiger partial charge < -0.3 is 14.4 Å². The molecule has 2 fully saturated rings. The van der Waals surface area contributed by atoms with Gasteiger partial charge in [0.25, 0.3) is 11.1 Å². The van der Waals surface area contributed by atoms with Crippen molar-refractivity contribution < 1.29 is 23.9 Å². The minimum atomic E-state index is -0.450. The Balaban J connectivity index is 1.75. The number of rotatable bonds is 6. The summed E-state index contributed by atoms with van der Waals surface area (Å²) in [5, 5.41) is -0.428. The van der Waals surface area contributed by atoms with E-state index < -0.39 is 11.1 Å². The summed E-state index contributed by atoms with van der Waals surface area (Å²) in [6, 6.07) is 3.54. The predicted octanol–water partition coefficient (Wildman–Crippen LogP) is 4.15. The molecule has 0 saturated carbocycles. The Morgan fingerprint density at radius 2 is 2.00 bits per heavy atom. The smallest absolute Gasteiger partial charge is 0.294 e. The second kappa shape index (κ2) is 9.87. The number of methoxy groups -OCH3 is 1. The molecule has 0 aromatic heterocycles. The molecule has 2 aliphatic heterocycles. The van der Waals surface area contributed by atoms with E-state index in [-0.39, 0.29) is 17.4 Å². The second-order valence-electron chi connectivity index (χ2n) is 7.30. The van der Waals surface area contributed by atoms with E-state index in [2.05, 4.69) is 22.9 Å². The molecule has 2 saturated heterocycles. The van der Waals surface area contributed by atoms with Crippen LogP contribution in [0.4, 0.5) is 4.79 Å². The molecular weight excluding hydrogens is 472 g/mol. The molecule has 162 valence electrons. The number of hydrogen-bond acceptors (Lipinski definition) is 6. The van der Waals surface area contributed by atoms with Crippen LogP contribution in [0.15, 0.2) is 21.5 Å². The zero-order valence-corrected chi connectivity index (χ0v) is 19.7. The van der Waals surface area contributed by atoms with Gasteiger partial charge >= 0.3 is 0 Å². The fourth-order valence-electron chi connectivity index (χ4n) is 3.41. The minimum absolute atomic E-state index is 0.184. The summed E-state index contributed by atoms with van der Waals surface area (Å²) < 4.78 is 11.6. The van der Waals surface area contributed by atoms with Crippen molar-refractivity contribution in [3.8, 4) is 11.5 Å². The summed E-state index contributed by atoms with van der Waals surface area (Å²) in [6.45, 7) is 5.62. The van der Waals surface area contributed by atoms with E-state index in [9.17, 15) is 14.4 Å². The van der Waals surface area contributed by atoms with Gasteiger partial charge in [0.2, 0.25) is 5.91 Å². The zero-order valence-electron chi connectivity index (χ0n) is 17.3. The first kappa shape index (κ1) is 22.7. The zero-order chi connectivity index (χ0) is 21.8. The number of nitrogens with zero attached hydrogens (tertiary/aromatic N) is 2. The summed E-state index contributed by atoms with van der Waals surface area (Å²) in [5.74, 6) is 1.06. The van der Waals surface area contributed by atoms with E-state index in [4.69, 9.17) is 9.47 Å². The standard InChI is InChI=1S/C21H25BrN2O5S/c1-4-29-16-10-14(9-15(22)19(16)28-3)11-17-20(26)24(21(27)30-17)12-18(25)23-7-5-13(2)6-8-23/h9-11,13H,4-8,12H2,1-3H3/b17-11+. The van der Waals surface area contributed by atoms with Gasteiger partial charge in [0.1, 0.15) is 6.54 Å². The average Bonchev–Trinajstić information content (AvgIpc) is 2.96. The van der Waals surface area contributed by atoms with E-state index in [0.717, 1.165) is 29.5 Å². The molecule has 0 N–H and O–H groups in total. The summed E-state index contributed by atoms with van der Waals surface area (Å²) in [5.41, 5.74) is 0.688. The predicted molar refractivity (Wildman–Crippen MR) is 120 cm³/mol. The number of carbonyl (C=O) groups is 3. The minimum Gasteiger partial charge on any atom is -0.492 e. The molecule has 1 aromatic carbocycles. The summed E-state index contributed by atoms with van der Waals surface area (Å²) in [4.78, 5) is 40.8. The van der Waals surface area contributed by atoms with Crippen LogP contribution in [-0.2, 0) is 9.59 Å². The second-order valence-corrected chi connectivity index (χ2v) is 9.15. The monoisotopic (exact) mass is 496 g/mol. The van der Waals surface area contributed by atoms with Gasteiger partial charge in [-0.05, 0) is 77.1 Å². The van der Waals surface area contributed by atoms with E-state index in [1.165, 1.54) is 0 Å². The highest BCUT2D eigenvalue weighted by atomic mass is 79.9. The van der Waals surface area contributed by atoms with Gasteiger partial charge in [-0.1, -0.05) is 6.92 Å². The van der Waals surface area contributed by atoms with Crippen molar-refractivity contribution >= 4 is 50.8 Å². The molecule has 2 heterocycles. The molecule has 2 aliphatic rings. The molecule has 0 bridgehead atoms. The third-order valence-corrected chi connectivity index (χ3v) is 6.63. The number of imide groups is 1. The van der Waals surface area contributed by atoms with E-state index >= 15 is 0 Å². The van der Waals surface area contributed by atoms with Gasteiger partial charge in [0, 0.05) is 13.1 Å². The number of ether oxygens (including phenoxy) is 2. The summed E-state index contributed by atoms with van der Waals surface area (Å²) in [7, 11) is 1.55.